The molecule has 0 fully saturated rings. The summed E-state index contributed by atoms with van der Waals surface area (Å²) < 4.78 is 35.0. The second-order valence-corrected chi connectivity index (χ2v) is 6.14. The lowest BCUT2D eigenvalue weighted by Crippen LogP contribution is -2.12. The molecule has 0 aliphatic carbocycles. The number of aromatic nitrogens is 1. The number of aryl methyl sites for hydroxylation is 1. The maximum Gasteiger partial charge on any atom is 0.322 e. The van der Waals surface area contributed by atoms with Crippen molar-refractivity contribution in [1.29, 1.82) is 0 Å². The third-order valence-electron chi connectivity index (χ3n) is 3.97. The molecular weight excluding hydrogens is 366 g/mol. The smallest absolute Gasteiger partial charge is 0.322 e. The molecule has 0 unspecified atom stereocenters. The lowest BCUT2D eigenvalue weighted by Gasteiger charge is -2.14. The first-order valence-corrected chi connectivity index (χ1v) is 8.53. The van der Waals surface area contributed by atoms with Crippen molar-refractivity contribution >= 4 is 11.7 Å². The Hall–Kier alpha value is -3.48. The summed E-state index contributed by atoms with van der Waals surface area (Å²) in [5.74, 6) is -2.71. The minimum absolute atomic E-state index is 0.0352. The van der Waals surface area contributed by atoms with Gasteiger partial charge in [-0.2, -0.15) is 0 Å². The van der Waals surface area contributed by atoms with E-state index in [9.17, 15) is 13.6 Å². The van der Waals surface area contributed by atoms with E-state index >= 15 is 0 Å². The zero-order valence-corrected chi connectivity index (χ0v) is 15.1. The minimum Gasteiger partial charge on any atom is -0.480 e. The summed E-state index contributed by atoms with van der Waals surface area (Å²) in [6.45, 7) is 1.51. The van der Waals surface area contributed by atoms with Gasteiger partial charge in [-0.05, 0) is 36.8 Å². The molecule has 2 aromatic carbocycles. The average molecular weight is 384 g/mol. The third kappa shape index (κ3) is 4.62. The summed E-state index contributed by atoms with van der Waals surface area (Å²) in [4.78, 5) is 14.9. The second kappa shape index (κ2) is 8.47. The fourth-order valence-corrected chi connectivity index (χ4v) is 2.67. The molecular formula is C21H18F2N2O3. The van der Waals surface area contributed by atoms with Crippen molar-refractivity contribution in [2.75, 3.05) is 11.9 Å². The average Bonchev–Trinajstić information content (AvgIpc) is 2.66. The van der Waals surface area contributed by atoms with E-state index in [4.69, 9.17) is 9.84 Å². The summed E-state index contributed by atoms with van der Waals surface area (Å²) in [5.41, 5.74) is 1.48. The van der Waals surface area contributed by atoms with Gasteiger partial charge < -0.3 is 15.2 Å². The molecule has 0 radical (unpaired) electrons. The molecule has 0 bridgehead atoms. The van der Waals surface area contributed by atoms with Gasteiger partial charge in [0.05, 0.1) is 5.56 Å². The SMILES string of the molecule is Cc1ccc(-c2c(F)cc(NCC(=O)O)cc2F)c(OCc2ccccc2)n1. The third-order valence-corrected chi connectivity index (χ3v) is 3.97. The highest BCUT2D eigenvalue weighted by Crippen LogP contribution is 2.34. The standard InChI is InChI=1S/C21H18F2N2O3/c1-13-7-8-16(21(25-13)28-12-14-5-3-2-4-6-14)20-17(22)9-15(10-18(20)23)24-11-19(26)27/h2-10,24H,11-12H2,1H3,(H,26,27). The van der Waals surface area contributed by atoms with Crippen LogP contribution < -0.4 is 10.1 Å². The molecule has 0 spiro atoms. The number of hydrogen-bond donors (Lipinski definition) is 2. The van der Waals surface area contributed by atoms with Crippen LogP contribution in [0.2, 0.25) is 0 Å². The van der Waals surface area contributed by atoms with Gasteiger partial charge in [0.1, 0.15) is 24.8 Å². The van der Waals surface area contributed by atoms with Gasteiger partial charge in [0, 0.05) is 16.9 Å². The molecule has 0 aliphatic rings. The van der Waals surface area contributed by atoms with Crippen LogP contribution in [-0.2, 0) is 11.4 Å². The molecule has 0 amide bonds. The number of benzene rings is 2. The summed E-state index contributed by atoms with van der Waals surface area (Å²) in [7, 11) is 0. The van der Waals surface area contributed by atoms with E-state index in [0.29, 0.717) is 5.69 Å². The number of nitrogens with one attached hydrogen (secondary N) is 1. The first-order chi connectivity index (χ1) is 13.4. The monoisotopic (exact) mass is 384 g/mol. The number of halogens is 2. The fraction of sp³-hybridized carbons (Fsp3) is 0.143. The Kier molecular flexibility index (Phi) is 5.84. The van der Waals surface area contributed by atoms with Crippen molar-refractivity contribution in [1.82, 2.24) is 4.98 Å². The van der Waals surface area contributed by atoms with Crippen LogP contribution in [0.25, 0.3) is 11.1 Å². The van der Waals surface area contributed by atoms with Gasteiger partial charge in [0.2, 0.25) is 5.88 Å². The number of pyridine rings is 1. The Bertz CT molecular complexity index is 971. The Morgan fingerprint density at radius 1 is 1.11 bits per heavy atom. The molecule has 0 saturated carbocycles. The van der Waals surface area contributed by atoms with Crippen molar-refractivity contribution in [3.63, 3.8) is 0 Å². The zero-order valence-electron chi connectivity index (χ0n) is 15.1. The number of rotatable bonds is 7. The van der Waals surface area contributed by atoms with Gasteiger partial charge >= 0.3 is 5.97 Å². The lowest BCUT2D eigenvalue weighted by atomic mass is 10.0. The highest BCUT2D eigenvalue weighted by atomic mass is 19.1. The van der Waals surface area contributed by atoms with Gasteiger partial charge in [-0.25, -0.2) is 13.8 Å². The van der Waals surface area contributed by atoms with E-state index in [2.05, 4.69) is 10.3 Å². The van der Waals surface area contributed by atoms with Crippen LogP contribution in [0.3, 0.4) is 0 Å². The quantitative estimate of drug-likeness (QED) is 0.631. The number of ether oxygens (including phenoxy) is 1. The number of carboxylic acid groups (broad SMARTS) is 1. The molecule has 144 valence electrons. The Labute approximate surface area is 160 Å². The summed E-state index contributed by atoms with van der Waals surface area (Å²) >= 11 is 0. The topological polar surface area (TPSA) is 71.5 Å². The molecule has 0 atom stereocenters. The van der Waals surface area contributed by atoms with Crippen molar-refractivity contribution in [3.8, 4) is 17.0 Å². The lowest BCUT2D eigenvalue weighted by molar-refractivity contribution is -0.134. The van der Waals surface area contributed by atoms with Gasteiger partial charge in [0.25, 0.3) is 0 Å². The van der Waals surface area contributed by atoms with Crippen LogP contribution in [0.15, 0.2) is 54.6 Å². The molecule has 1 aromatic heterocycles. The van der Waals surface area contributed by atoms with Crippen LogP contribution in [0.1, 0.15) is 11.3 Å². The normalized spacial score (nSPS) is 10.5. The van der Waals surface area contributed by atoms with Gasteiger partial charge in [-0.3, -0.25) is 4.79 Å². The van der Waals surface area contributed by atoms with E-state index in [0.717, 1.165) is 17.7 Å². The largest absolute Gasteiger partial charge is 0.480 e. The summed E-state index contributed by atoms with van der Waals surface area (Å²) in [5, 5.41) is 11.1. The molecule has 0 saturated heterocycles. The van der Waals surface area contributed by atoms with E-state index in [1.807, 2.05) is 30.3 Å². The summed E-state index contributed by atoms with van der Waals surface area (Å²) in [6.07, 6.45) is 0. The van der Waals surface area contributed by atoms with Crippen molar-refractivity contribution in [2.24, 2.45) is 0 Å². The number of carbonyl (C=O) groups is 1. The van der Waals surface area contributed by atoms with Gasteiger partial charge in [0.15, 0.2) is 0 Å². The molecule has 3 rings (SSSR count). The van der Waals surface area contributed by atoms with Gasteiger partial charge in [-0.1, -0.05) is 30.3 Å². The number of carboxylic acids is 1. The highest BCUT2D eigenvalue weighted by Gasteiger charge is 2.19. The van der Waals surface area contributed by atoms with Crippen molar-refractivity contribution in [2.45, 2.75) is 13.5 Å². The predicted octanol–water partition coefficient (Wildman–Crippen LogP) is 4.41. The maximum absolute atomic E-state index is 14.7. The van der Waals surface area contributed by atoms with Crippen LogP contribution in [0, 0.1) is 18.6 Å². The Morgan fingerprint density at radius 3 is 2.43 bits per heavy atom. The molecule has 3 aromatic rings. The van der Waals surface area contributed by atoms with Crippen molar-refractivity contribution in [3.05, 3.63) is 77.5 Å². The van der Waals surface area contributed by atoms with Crippen LogP contribution >= 0.6 is 0 Å². The number of aliphatic carboxylic acids is 1. The first-order valence-electron chi connectivity index (χ1n) is 8.53. The first kappa shape index (κ1) is 19.3. The molecule has 0 aliphatic heterocycles. The number of nitrogens with zero attached hydrogens (tertiary/aromatic N) is 1. The van der Waals surface area contributed by atoms with Crippen LogP contribution in [0.4, 0.5) is 14.5 Å². The van der Waals surface area contributed by atoms with E-state index in [1.54, 1.807) is 19.1 Å². The fourth-order valence-electron chi connectivity index (χ4n) is 2.67. The summed E-state index contributed by atoms with van der Waals surface area (Å²) in [6, 6.07) is 14.6. The number of hydrogen-bond acceptors (Lipinski definition) is 4. The molecule has 2 N–H and O–H groups in total. The highest BCUT2D eigenvalue weighted by molar-refractivity contribution is 5.75. The Morgan fingerprint density at radius 2 is 1.79 bits per heavy atom. The van der Waals surface area contributed by atoms with Gasteiger partial charge in [-0.15, -0.1) is 0 Å². The predicted molar refractivity (Wildman–Crippen MR) is 101 cm³/mol. The molecule has 1 heterocycles. The second-order valence-electron chi connectivity index (χ2n) is 6.14. The molecule has 28 heavy (non-hydrogen) atoms. The van der Waals surface area contributed by atoms with Crippen LogP contribution in [-0.4, -0.2) is 22.6 Å². The van der Waals surface area contributed by atoms with Crippen LogP contribution in [0.5, 0.6) is 5.88 Å². The number of anilines is 1. The van der Waals surface area contributed by atoms with E-state index in [-0.39, 0.29) is 29.3 Å². The minimum atomic E-state index is -1.13. The van der Waals surface area contributed by atoms with Crippen molar-refractivity contribution < 1.29 is 23.4 Å². The molecule has 7 heteroatoms. The van der Waals surface area contributed by atoms with E-state index < -0.39 is 24.1 Å². The molecule has 5 nitrogen and oxygen atoms in total. The zero-order chi connectivity index (χ0) is 20.1. The maximum atomic E-state index is 14.7. The Balaban J connectivity index is 1.93. The van der Waals surface area contributed by atoms with E-state index in [1.165, 1.54) is 0 Å².